The number of nitrogens with one attached hydrogen (secondary N) is 1. The van der Waals surface area contributed by atoms with Gasteiger partial charge in [0.05, 0.1) is 0 Å². The number of hydrogen-bond donors (Lipinski definition) is 2. The van der Waals surface area contributed by atoms with Crippen molar-refractivity contribution in [2.24, 2.45) is 5.73 Å². The van der Waals surface area contributed by atoms with Crippen molar-refractivity contribution in [3.63, 3.8) is 0 Å². The number of benzene rings is 1. The first kappa shape index (κ1) is 14.5. The van der Waals surface area contributed by atoms with Crippen LogP contribution in [0.15, 0.2) is 47.2 Å². The van der Waals surface area contributed by atoms with Gasteiger partial charge in [-0.05, 0) is 42.8 Å². The van der Waals surface area contributed by atoms with Gasteiger partial charge < -0.3 is 10.6 Å². The van der Waals surface area contributed by atoms with Crippen molar-refractivity contribution in [1.82, 2.24) is 4.98 Å². The fourth-order valence-corrected chi connectivity index (χ4v) is 2.44. The van der Waals surface area contributed by atoms with E-state index in [0.29, 0.717) is 0 Å². The second kappa shape index (κ2) is 6.52. The average Bonchev–Trinajstić information content (AvgIpc) is 2.46. The lowest BCUT2D eigenvalue weighted by molar-refractivity contribution is 0.829. The molecule has 0 aliphatic carbocycles. The average molecular weight is 333 g/mol. The van der Waals surface area contributed by atoms with Crippen LogP contribution in [-0.4, -0.2) is 17.4 Å². The van der Waals surface area contributed by atoms with Gasteiger partial charge in [-0.25, -0.2) is 0 Å². The summed E-state index contributed by atoms with van der Waals surface area (Å²) < 4.78 is 0.923. The Hall–Kier alpha value is -1.88. The zero-order valence-electron chi connectivity index (χ0n) is 11.3. The second-order valence-electron chi connectivity index (χ2n) is 4.44. The largest absolute Gasteiger partial charge is 0.384 e. The molecule has 2 rings (SSSR count). The van der Waals surface area contributed by atoms with Crippen LogP contribution in [0, 0.1) is 5.41 Å². The number of anilines is 1. The van der Waals surface area contributed by atoms with Gasteiger partial charge >= 0.3 is 0 Å². The molecule has 5 heteroatoms. The molecule has 4 nitrogen and oxygen atoms in total. The summed E-state index contributed by atoms with van der Waals surface area (Å²) in [6.45, 7) is 3.69. The molecule has 0 fully saturated rings. The molecule has 1 aromatic heterocycles. The molecule has 20 heavy (non-hydrogen) atoms. The zero-order chi connectivity index (χ0) is 14.5. The molecule has 0 spiro atoms. The highest BCUT2D eigenvalue weighted by Gasteiger charge is 2.12. The van der Waals surface area contributed by atoms with Crippen molar-refractivity contribution in [1.29, 1.82) is 5.41 Å². The van der Waals surface area contributed by atoms with Crippen LogP contribution in [0.25, 0.3) is 0 Å². The van der Waals surface area contributed by atoms with Gasteiger partial charge in [0.15, 0.2) is 0 Å². The lowest BCUT2D eigenvalue weighted by atomic mass is 10.1. The maximum Gasteiger partial charge on any atom is 0.124 e. The fourth-order valence-electron chi connectivity index (χ4n) is 2.08. The Morgan fingerprint density at radius 2 is 2.00 bits per heavy atom. The maximum atomic E-state index is 7.74. The fraction of sp³-hybridized carbons (Fsp3) is 0.200. The normalized spacial score (nSPS) is 10.3. The van der Waals surface area contributed by atoms with Crippen molar-refractivity contribution in [2.45, 2.75) is 13.5 Å². The van der Waals surface area contributed by atoms with Crippen LogP contribution in [0.5, 0.6) is 0 Å². The molecule has 1 aromatic carbocycles. The highest BCUT2D eigenvalue weighted by Crippen LogP contribution is 2.25. The summed E-state index contributed by atoms with van der Waals surface area (Å²) in [6, 6.07) is 9.83. The Labute approximate surface area is 127 Å². The summed E-state index contributed by atoms with van der Waals surface area (Å²) in [5, 5.41) is 7.74. The predicted molar refractivity (Wildman–Crippen MR) is 86.1 cm³/mol. The van der Waals surface area contributed by atoms with E-state index in [0.717, 1.165) is 28.8 Å². The third kappa shape index (κ3) is 3.36. The van der Waals surface area contributed by atoms with E-state index in [-0.39, 0.29) is 5.84 Å². The standard InChI is InChI=1S/C15H17BrN4/c1-2-20(10-11-5-7-19-8-6-11)14-4-3-12(16)9-13(14)15(17)18/h3-9H,2,10H2,1H3,(H3,17,18). The molecular formula is C15H17BrN4. The molecule has 0 amide bonds. The number of aromatic nitrogens is 1. The number of nitrogens with zero attached hydrogens (tertiary/aromatic N) is 2. The minimum Gasteiger partial charge on any atom is -0.384 e. The monoisotopic (exact) mass is 332 g/mol. The van der Waals surface area contributed by atoms with E-state index >= 15 is 0 Å². The molecule has 2 aromatic rings. The summed E-state index contributed by atoms with van der Waals surface area (Å²) >= 11 is 3.42. The number of nitrogen functional groups attached to an aromatic ring is 1. The zero-order valence-corrected chi connectivity index (χ0v) is 12.9. The molecule has 0 saturated heterocycles. The lowest BCUT2D eigenvalue weighted by Gasteiger charge is -2.25. The van der Waals surface area contributed by atoms with Crippen LogP contribution in [0.3, 0.4) is 0 Å². The quantitative estimate of drug-likeness (QED) is 0.652. The SMILES string of the molecule is CCN(Cc1ccncc1)c1ccc(Br)cc1C(=N)N. The first-order valence-electron chi connectivity index (χ1n) is 6.39. The Balaban J connectivity index is 2.34. The van der Waals surface area contributed by atoms with Crippen molar-refractivity contribution < 1.29 is 0 Å². The molecule has 0 bridgehead atoms. The predicted octanol–water partition coefficient (Wildman–Crippen LogP) is 3.15. The Kier molecular flexibility index (Phi) is 4.74. The number of halogens is 1. The number of rotatable bonds is 5. The van der Waals surface area contributed by atoms with Crippen LogP contribution in [0.2, 0.25) is 0 Å². The van der Waals surface area contributed by atoms with Gasteiger partial charge in [0.25, 0.3) is 0 Å². The topological polar surface area (TPSA) is 66.0 Å². The van der Waals surface area contributed by atoms with E-state index in [9.17, 15) is 0 Å². The Bertz CT molecular complexity index is 598. The lowest BCUT2D eigenvalue weighted by Crippen LogP contribution is -2.25. The first-order valence-corrected chi connectivity index (χ1v) is 7.19. The third-order valence-electron chi connectivity index (χ3n) is 3.09. The van der Waals surface area contributed by atoms with E-state index in [2.05, 4.69) is 32.7 Å². The number of pyridine rings is 1. The Morgan fingerprint density at radius 1 is 1.30 bits per heavy atom. The summed E-state index contributed by atoms with van der Waals surface area (Å²) in [4.78, 5) is 6.22. The van der Waals surface area contributed by atoms with Crippen molar-refractivity contribution in [3.05, 3.63) is 58.3 Å². The van der Waals surface area contributed by atoms with Gasteiger partial charge in [-0.3, -0.25) is 10.4 Å². The van der Waals surface area contributed by atoms with Gasteiger partial charge in [-0.2, -0.15) is 0 Å². The third-order valence-corrected chi connectivity index (χ3v) is 3.59. The second-order valence-corrected chi connectivity index (χ2v) is 5.36. The summed E-state index contributed by atoms with van der Waals surface area (Å²) in [5.41, 5.74) is 8.59. The van der Waals surface area contributed by atoms with Crippen LogP contribution in [0.1, 0.15) is 18.1 Å². The van der Waals surface area contributed by atoms with E-state index in [1.807, 2.05) is 30.3 Å². The minimum absolute atomic E-state index is 0.0782. The molecule has 0 atom stereocenters. The highest BCUT2D eigenvalue weighted by atomic mass is 79.9. The number of hydrogen-bond acceptors (Lipinski definition) is 3. The van der Waals surface area contributed by atoms with Crippen LogP contribution >= 0.6 is 15.9 Å². The van der Waals surface area contributed by atoms with Gasteiger partial charge in [0, 0.05) is 41.2 Å². The van der Waals surface area contributed by atoms with Gasteiger partial charge in [0.1, 0.15) is 5.84 Å². The molecule has 0 aliphatic rings. The van der Waals surface area contributed by atoms with Crippen molar-refractivity contribution in [2.75, 3.05) is 11.4 Å². The molecule has 0 saturated carbocycles. The Morgan fingerprint density at radius 3 is 2.60 bits per heavy atom. The van der Waals surface area contributed by atoms with Crippen molar-refractivity contribution >= 4 is 27.5 Å². The van der Waals surface area contributed by atoms with Crippen LogP contribution < -0.4 is 10.6 Å². The number of amidine groups is 1. The van der Waals surface area contributed by atoms with Gasteiger partial charge in [0.2, 0.25) is 0 Å². The maximum absolute atomic E-state index is 7.74. The van der Waals surface area contributed by atoms with Gasteiger partial charge in [-0.15, -0.1) is 0 Å². The smallest absolute Gasteiger partial charge is 0.124 e. The summed E-state index contributed by atoms with van der Waals surface area (Å²) in [7, 11) is 0. The van der Waals surface area contributed by atoms with Crippen LogP contribution in [-0.2, 0) is 6.54 Å². The molecule has 3 N–H and O–H groups in total. The first-order chi connectivity index (χ1) is 9.61. The number of nitrogens with two attached hydrogens (primary N) is 1. The van der Waals surface area contributed by atoms with Crippen molar-refractivity contribution in [3.8, 4) is 0 Å². The van der Waals surface area contributed by atoms with E-state index < -0.39 is 0 Å². The molecular weight excluding hydrogens is 316 g/mol. The molecule has 0 radical (unpaired) electrons. The molecule has 0 unspecified atom stereocenters. The van der Waals surface area contributed by atoms with Gasteiger partial charge in [-0.1, -0.05) is 15.9 Å². The summed E-state index contributed by atoms with van der Waals surface area (Å²) in [6.07, 6.45) is 3.58. The summed E-state index contributed by atoms with van der Waals surface area (Å²) in [5.74, 6) is 0.0782. The molecule has 1 heterocycles. The minimum atomic E-state index is 0.0782. The van der Waals surface area contributed by atoms with Crippen LogP contribution in [0.4, 0.5) is 5.69 Å². The van der Waals surface area contributed by atoms with E-state index in [1.165, 1.54) is 5.56 Å². The molecule has 104 valence electrons. The van der Waals surface area contributed by atoms with E-state index in [1.54, 1.807) is 12.4 Å². The highest BCUT2D eigenvalue weighted by molar-refractivity contribution is 9.10. The van der Waals surface area contributed by atoms with E-state index in [4.69, 9.17) is 11.1 Å². The molecule has 0 aliphatic heterocycles.